The number of carboxylic acids is 1. The average molecular weight is 329 g/mol. The van der Waals surface area contributed by atoms with Crippen LogP contribution >= 0.6 is 0 Å². The summed E-state index contributed by atoms with van der Waals surface area (Å²) in [5, 5.41) is 30.6. The fourth-order valence-corrected chi connectivity index (χ4v) is 2.07. The highest BCUT2D eigenvalue weighted by molar-refractivity contribution is 6.02. The first kappa shape index (κ1) is 17.8. The van der Waals surface area contributed by atoms with Crippen molar-refractivity contribution in [2.24, 2.45) is 0 Å². The molecule has 1 saturated carbocycles. The van der Waals surface area contributed by atoms with E-state index >= 15 is 0 Å². The second-order valence-electron chi connectivity index (χ2n) is 5.00. The number of carbonyl (C=O) groups is 3. The minimum Gasteiger partial charge on any atom is -0.506 e. The molecule has 6 radical (unpaired) electrons. The number of amides is 1. The molecule has 1 amide bonds. The summed E-state index contributed by atoms with van der Waals surface area (Å²) >= 11 is 0. The number of phenols is 2. The molecular formula is C17H15NO6. The van der Waals surface area contributed by atoms with Gasteiger partial charge in [0, 0.05) is 18.8 Å². The van der Waals surface area contributed by atoms with Gasteiger partial charge < -0.3 is 20.6 Å². The summed E-state index contributed by atoms with van der Waals surface area (Å²) in [7, 11) is 0. The molecule has 0 unspecified atom stereocenters. The zero-order valence-corrected chi connectivity index (χ0v) is 12.5. The largest absolute Gasteiger partial charge is 0.506 e. The minimum atomic E-state index is -1.40. The Hall–Kier alpha value is -2.57. The number of anilines is 1. The van der Waals surface area contributed by atoms with Crippen LogP contribution in [-0.4, -0.2) is 33.0 Å². The highest BCUT2D eigenvalue weighted by Gasteiger charge is 2.24. The van der Waals surface area contributed by atoms with E-state index in [0.29, 0.717) is 5.92 Å². The Morgan fingerprint density at radius 2 is 1.62 bits per heavy atom. The van der Waals surface area contributed by atoms with Gasteiger partial charge in [-0.2, -0.15) is 0 Å². The van der Waals surface area contributed by atoms with E-state index < -0.39 is 34.6 Å². The summed E-state index contributed by atoms with van der Waals surface area (Å²) in [5.74, 6) is -3.00. The number of nitrogens with one attached hydrogen (secondary N) is 1. The lowest BCUT2D eigenvalue weighted by Gasteiger charge is -2.18. The molecule has 0 saturated heterocycles. The Balaban J connectivity index is 1.96. The van der Waals surface area contributed by atoms with Crippen LogP contribution in [0.4, 0.5) is 5.69 Å². The molecular weight excluding hydrogens is 314 g/mol. The Bertz CT molecular complexity index is 649. The molecule has 2 rings (SSSR count). The Morgan fingerprint density at radius 1 is 0.958 bits per heavy atom. The first-order chi connectivity index (χ1) is 11.4. The number of ketones is 1. The van der Waals surface area contributed by atoms with Crippen LogP contribution in [0.2, 0.25) is 0 Å². The molecule has 24 heavy (non-hydrogen) atoms. The molecule has 0 heterocycles. The number of aromatic carboxylic acids is 1. The van der Waals surface area contributed by atoms with E-state index in [0.717, 1.165) is 12.1 Å². The number of benzene rings is 1. The van der Waals surface area contributed by atoms with Gasteiger partial charge in [0.05, 0.1) is 0 Å². The quantitative estimate of drug-likeness (QED) is 0.589. The Morgan fingerprint density at radius 3 is 2.25 bits per heavy atom. The zero-order valence-electron chi connectivity index (χ0n) is 12.5. The van der Waals surface area contributed by atoms with Crippen molar-refractivity contribution in [3.05, 3.63) is 55.7 Å². The number of hydrogen-bond donors (Lipinski definition) is 4. The topological polar surface area (TPSA) is 124 Å². The van der Waals surface area contributed by atoms with Gasteiger partial charge in [0.2, 0.25) is 5.91 Å². The van der Waals surface area contributed by atoms with Crippen LogP contribution in [-0.2, 0) is 9.59 Å². The van der Waals surface area contributed by atoms with Crippen molar-refractivity contribution >= 4 is 23.3 Å². The maximum Gasteiger partial charge on any atom is 0.339 e. The van der Waals surface area contributed by atoms with E-state index in [-0.39, 0.29) is 18.6 Å². The molecule has 0 atom stereocenters. The van der Waals surface area contributed by atoms with Crippen molar-refractivity contribution in [3.63, 3.8) is 0 Å². The van der Waals surface area contributed by atoms with Gasteiger partial charge in [-0.25, -0.2) is 4.79 Å². The van der Waals surface area contributed by atoms with Crippen molar-refractivity contribution in [1.82, 2.24) is 0 Å². The molecule has 0 aliphatic heterocycles. The van der Waals surface area contributed by atoms with Gasteiger partial charge in [0.1, 0.15) is 22.8 Å². The predicted molar refractivity (Wildman–Crippen MR) is 84.3 cm³/mol. The maximum atomic E-state index is 11.9. The van der Waals surface area contributed by atoms with Gasteiger partial charge in [-0.05, 0) is 44.2 Å². The molecule has 1 aromatic rings. The van der Waals surface area contributed by atoms with Gasteiger partial charge in [-0.1, -0.05) is 0 Å². The van der Waals surface area contributed by atoms with E-state index in [1.807, 2.05) is 0 Å². The lowest BCUT2D eigenvalue weighted by atomic mass is 9.85. The number of phenolic OH excluding ortho intramolecular Hbond substituents is 1. The molecule has 0 bridgehead atoms. The summed E-state index contributed by atoms with van der Waals surface area (Å²) in [6.07, 6.45) is 8.22. The summed E-state index contributed by atoms with van der Waals surface area (Å²) in [6.45, 7) is 0. The van der Waals surface area contributed by atoms with Gasteiger partial charge in [0.25, 0.3) is 0 Å². The van der Waals surface area contributed by atoms with Crippen LogP contribution in [0.5, 0.6) is 11.5 Å². The smallest absolute Gasteiger partial charge is 0.339 e. The van der Waals surface area contributed by atoms with Crippen molar-refractivity contribution < 1.29 is 29.7 Å². The third-order valence-corrected chi connectivity index (χ3v) is 3.33. The van der Waals surface area contributed by atoms with Crippen LogP contribution in [0.3, 0.4) is 0 Å². The van der Waals surface area contributed by atoms with Gasteiger partial charge >= 0.3 is 5.97 Å². The number of rotatable bonds is 6. The van der Waals surface area contributed by atoms with Crippen LogP contribution in [0.25, 0.3) is 0 Å². The van der Waals surface area contributed by atoms with Crippen LogP contribution < -0.4 is 5.32 Å². The second kappa shape index (κ2) is 7.81. The van der Waals surface area contributed by atoms with Crippen molar-refractivity contribution in [3.8, 4) is 11.5 Å². The van der Waals surface area contributed by atoms with E-state index in [4.69, 9.17) is 5.11 Å². The molecule has 1 aliphatic rings. The number of aromatic hydroxyl groups is 2. The predicted octanol–water partition coefficient (Wildman–Crippen LogP) is 1.69. The SMILES string of the molecule is O=C(CCC(=O)[C]1[CH][CH][CH][CH][CH]1)Nc1c(O)ccc(C(=O)O)c1O. The summed E-state index contributed by atoms with van der Waals surface area (Å²) in [4.78, 5) is 34.8. The highest BCUT2D eigenvalue weighted by atomic mass is 16.4. The van der Waals surface area contributed by atoms with Gasteiger partial charge in [-0.15, -0.1) is 0 Å². The lowest BCUT2D eigenvalue weighted by molar-refractivity contribution is -0.121. The van der Waals surface area contributed by atoms with E-state index in [1.54, 1.807) is 32.1 Å². The Labute approximate surface area is 139 Å². The fraction of sp³-hybridized carbons (Fsp3) is 0.118. The van der Waals surface area contributed by atoms with Crippen molar-refractivity contribution in [2.45, 2.75) is 12.8 Å². The third kappa shape index (κ3) is 4.24. The molecule has 124 valence electrons. The molecule has 0 spiro atoms. The molecule has 0 aromatic heterocycles. The van der Waals surface area contributed by atoms with E-state index in [9.17, 15) is 24.6 Å². The molecule has 1 fully saturated rings. The fourth-order valence-electron chi connectivity index (χ4n) is 2.07. The van der Waals surface area contributed by atoms with Crippen LogP contribution in [0.15, 0.2) is 12.1 Å². The monoisotopic (exact) mass is 329 g/mol. The molecule has 1 aromatic carbocycles. The maximum absolute atomic E-state index is 11.9. The standard InChI is InChI=1S/C17H15NO6/c19-12(10-4-2-1-3-5-10)8-9-14(21)18-15-13(20)7-6-11(16(15)22)17(23)24/h1-7,20,22H,8-9H2,(H,18,21)(H,23,24). The number of hydrogen-bond acceptors (Lipinski definition) is 5. The Kier molecular flexibility index (Phi) is 5.78. The lowest BCUT2D eigenvalue weighted by Crippen LogP contribution is -2.20. The molecule has 4 N–H and O–H groups in total. The summed E-state index contributed by atoms with van der Waals surface area (Å²) in [6, 6.07) is 2.06. The minimum absolute atomic E-state index is 0.0595. The highest BCUT2D eigenvalue weighted by Crippen LogP contribution is 2.36. The second-order valence-corrected chi connectivity index (χ2v) is 5.00. The van der Waals surface area contributed by atoms with Crippen LogP contribution in [0.1, 0.15) is 23.2 Å². The average Bonchev–Trinajstić information content (AvgIpc) is 2.56. The number of carbonyl (C=O) groups excluding carboxylic acids is 2. The zero-order chi connectivity index (χ0) is 17.7. The normalized spacial score (nSPS) is 15.0. The van der Waals surface area contributed by atoms with Crippen molar-refractivity contribution in [2.75, 3.05) is 5.32 Å². The number of Topliss-reactive ketones (excluding diaryl/α,β-unsaturated/α-hetero) is 1. The molecule has 1 aliphatic carbocycles. The summed E-state index contributed by atoms with van der Waals surface area (Å²) in [5.41, 5.74) is -0.851. The van der Waals surface area contributed by atoms with Gasteiger partial charge in [0.15, 0.2) is 5.75 Å². The van der Waals surface area contributed by atoms with Gasteiger partial charge in [-0.3, -0.25) is 9.59 Å². The first-order valence-corrected chi connectivity index (χ1v) is 7.06. The third-order valence-electron chi connectivity index (χ3n) is 3.33. The first-order valence-electron chi connectivity index (χ1n) is 7.06. The van der Waals surface area contributed by atoms with E-state index in [1.165, 1.54) is 0 Å². The summed E-state index contributed by atoms with van der Waals surface area (Å²) < 4.78 is 0. The van der Waals surface area contributed by atoms with E-state index in [2.05, 4.69) is 5.32 Å². The van der Waals surface area contributed by atoms with Crippen molar-refractivity contribution in [1.29, 1.82) is 0 Å². The van der Waals surface area contributed by atoms with Crippen LogP contribution in [0, 0.1) is 38.0 Å². The molecule has 7 heteroatoms. The number of carboxylic acid groups (broad SMARTS) is 1. The molecule has 7 nitrogen and oxygen atoms in total.